The Morgan fingerprint density at radius 3 is 2.64 bits per heavy atom. The van der Waals surface area contributed by atoms with Gasteiger partial charge in [-0.1, -0.05) is 18.2 Å². The number of aromatic nitrogens is 1. The van der Waals surface area contributed by atoms with Crippen LogP contribution >= 0.6 is 11.8 Å². The van der Waals surface area contributed by atoms with E-state index in [4.69, 9.17) is 0 Å². The fourth-order valence-corrected chi connectivity index (χ4v) is 6.16. The van der Waals surface area contributed by atoms with Crippen molar-refractivity contribution < 1.29 is 13.2 Å². The van der Waals surface area contributed by atoms with Gasteiger partial charge in [0.15, 0.2) is 0 Å². The number of amides is 1. The summed E-state index contributed by atoms with van der Waals surface area (Å²) in [5, 5.41) is 3.44. The number of para-hydroxylation sites is 1. The van der Waals surface area contributed by atoms with Crippen molar-refractivity contribution in [3.05, 3.63) is 48.3 Å². The molecule has 2 N–H and O–H groups in total. The van der Waals surface area contributed by atoms with Gasteiger partial charge in [-0.3, -0.25) is 4.79 Å². The number of sulfonamides is 1. The number of nitrogens with one attached hydrogen (secondary N) is 2. The van der Waals surface area contributed by atoms with Crippen molar-refractivity contribution in [3.63, 3.8) is 0 Å². The van der Waals surface area contributed by atoms with Crippen LogP contribution in [0.15, 0.2) is 47.5 Å². The second-order valence-electron chi connectivity index (χ2n) is 7.01. The van der Waals surface area contributed by atoms with Crippen LogP contribution in [0.4, 0.5) is 5.69 Å². The van der Waals surface area contributed by atoms with E-state index in [-0.39, 0.29) is 16.8 Å². The summed E-state index contributed by atoms with van der Waals surface area (Å²) in [4.78, 5) is 17.6. The third kappa shape index (κ3) is 4.06. The quantitative estimate of drug-likeness (QED) is 0.774. The molecule has 1 amide bonds. The molecule has 2 aromatic rings. The monoisotopic (exact) mass is 420 g/mol. The van der Waals surface area contributed by atoms with Gasteiger partial charge in [-0.25, -0.2) is 8.42 Å². The molecule has 4 rings (SSSR count). The number of aromatic amines is 1. The summed E-state index contributed by atoms with van der Waals surface area (Å²) in [7, 11) is -3.54. The van der Waals surface area contributed by atoms with E-state index >= 15 is 0 Å². The predicted molar refractivity (Wildman–Crippen MR) is 111 cm³/mol. The molecule has 1 aromatic heterocycles. The molecule has 7 nitrogen and oxygen atoms in total. The average Bonchev–Trinajstić information content (AvgIpc) is 3.39. The standard InChI is InChI=1S/C19H24N4O3S2/c24-19(22-7-6-16(14-22)21-15-4-2-1-3-5-15)18-12-17(13-20-18)28(25,26)23-8-10-27-11-9-23/h1-5,12-13,16,20-21H,6-11,14H2. The zero-order valence-electron chi connectivity index (χ0n) is 15.5. The minimum Gasteiger partial charge on any atom is -0.380 e. The number of H-pyrrole nitrogens is 1. The highest BCUT2D eigenvalue weighted by Crippen LogP contribution is 2.23. The number of hydrogen-bond donors (Lipinski definition) is 2. The summed E-state index contributed by atoms with van der Waals surface area (Å²) in [5.74, 6) is 1.45. The van der Waals surface area contributed by atoms with Crippen LogP contribution in [-0.2, 0) is 10.0 Å². The van der Waals surface area contributed by atoms with E-state index in [0.29, 0.717) is 31.9 Å². The van der Waals surface area contributed by atoms with Gasteiger partial charge in [0.2, 0.25) is 10.0 Å². The second-order valence-corrected chi connectivity index (χ2v) is 10.2. The normalized spacial score (nSPS) is 21.0. The summed E-state index contributed by atoms with van der Waals surface area (Å²) >= 11 is 1.76. The Morgan fingerprint density at radius 2 is 1.89 bits per heavy atom. The largest absolute Gasteiger partial charge is 0.380 e. The Balaban J connectivity index is 1.40. The van der Waals surface area contributed by atoms with Crippen molar-refractivity contribution >= 4 is 33.4 Å². The van der Waals surface area contributed by atoms with Crippen LogP contribution in [0.5, 0.6) is 0 Å². The number of carbonyl (C=O) groups is 1. The topological polar surface area (TPSA) is 85.5 Å². The molecule has 3 heterocycles. The number of rotatable bonds is 5. The number of hydrogen-bond acceptors (Lipinski definition) is 5. The first-order valence-corrected chi connectivity index (χ1v) is 12.0. The number of carbonyl (C=O) groups excluding carboxylic acids is 1. The number of anilines is 1. The van der Waals surface area contributed by atoms with Gasteiger partial charge in [-0.2, -0.15) is 16.1 Å². The highest BCUT2D eigenvalue weighted by atomic mass is 32.2. The van der Waals surface area contributed by atoms with Crippen LogP contribution in [0, 0.1) is 0 Å². The predicted octanol–water partition coefficient (Wildman–Crippen LogP) is 2.08. The van der Waals surface area contributed by atoms with Crippen molar-refractivity contribution in [2.45, 2.75) is 17.4 Å². The molecule has 0 aliphatic carbocycles. The maximum atomic E-state index is 12.8. The van der Waals surface area contributed by atoms with E-state index in [1.807, 2.05) is 30.3 Å². The molecule has 0 spiro atoms. The summed E-state index contributed by atoms with van der Waals surface area (Å²) < 4.78 is 27.0. The van der Waals surface area contributed by atoms with E-state index in [2.05, 4.69) is 10.3 Å². The number of nitrogens with zero attached hydrogens (tertiary/aromatic N) is 2. The van der Waals surface area contributed by atoms with E-state index in [0.717, 1.165) is 23.6 Å². The van der Waals surface area contributed by atoms with E-state index in [1.54, 1.807) is 16.7 Å². The van der Waals surface area contributed by atoms with Crippen molar-refractivity contribution in [1.82, 2.24) is 14.2 Å². The minimum absolute atomic E-state index is 0.159. The summed E-state index contributed by atoms with van der Waals surface area (Å²) in [6.45, 7) is 2.27. The highest BCUT2D eigenvalue weighted by molar-refractivity contribution is 7.99. The molecule has 2 saturated heterocycles. The maximum absolute atomic E-state index is 12.8. The van der Waals surface area contributed by atoms with Crippen molar-refractivity contribution in [2.75, 3.05) is 43.0 Å². The van der Waals surface area contributed by atoms with Crippen LogP contribution in [0.1, 0.15) is 16.9 Å². The number of benzene rings is 1. The minimum atomic E-state index is -3.54. The van der Waals surface area contributed by atoms with Gasteiger partial charge in [0, 0.05) is 55.6 Å². The Morgan fingerprint density at radius 1 is 1.14 bits per heavy atom. The van der Waals surface area contributed by atoms with E-state index in [9.17, 15) is 13.2 Å². The van der Waals surface area contributed by atoms with Gasteiger partial charge in [0.05, 0.1) is 0 Å². The lowest BCUT2D eigenvalue weighted by Crippen LogP contribution is -2.37. The Bertz CT molecular complexity index is 924. The van der Waals surface area contributed by atoms with Gasteiger partial charge in [0.25, 0.3) is 5.91 Å². The third-order valence-corrected chi connectivity index (χ3v) is 7.93. The third-order valence-electron chi connectivity index (χ3n) is 5.11. The van der Waals surface area contributed by atoms with Crippen LogP contribution in [0.3, 0.4) is 0 Å². The Kier molecular flexibility index (Phi) is 5.65. The molecule has 0 saturated carbocycles. The Labute approximate surface area is 169 Å². The van der Waals surface area contributed by atoms with Crippen molar-refractivity contribution in [3.8, 4) is 0 Å². The van der Waals surface area contributed by atoms with Gasteiger partial charge in [-0.05, 0) is 24.6 Å². The van der Waals surface area contributed by atoms with Crippen LogP contribution < -0.4 is 5.32 Å². The zero-order valence-corrected chi connectivity index (χ0v) is 17.1. The molecule has 0 radical (unpaired) electrons. The first-order chi connectivity index (χ1) is 13.5. The van der Waals surface area contributed by atoms with Crippen LogP contribution in [0.2, 0.25) is 0 Å². The number of thioether (sulfide) groups is 1. The number of likely N-dealkylation sites (tertiary alicyclic amines) is 1. The molecule has 1 aromatic carbocycles. The highest BCUT2D eigenvalue weighted by Gasteiger charge is 2.31. The second kappa shape index (κ2) is 8.18. The van der Waals surface area contributed by atoms with Gasteiger partial charge in [-0.15, -0.1) is 0 Å². The molecule has 0 bridgehead atoms. The fourth-order valence-electron chi connectivity index (χ4n) is 3.59. The summed E-state index contributed by atoms with van der Waals surface area (Å²) in [6, 6.07) is 11.6. The summed E-state index contributed by atoms with van der Waals surface area (Å²) in [5.41, 5.74) is 1.36. The molecule has 1 atom stereocenters. The van der Waals surface area contributed by atoms with E-state index in [1.165, 1.54) is 16.6 Å². The lowest BCUT2D eigenvalue weighted by Gasteiger charge is -2.24. The first kappa shape index (κ1) is 19.4. The fraction of sp³-hybridized carbons (Fsp3) is 0.421. The molecule has 2 fully saturated rings. The SMILES string of the molecule is O=C(c1cc(S(=O)(=O)N2CCSCC2)c[nH]1)N1CCC(Nc2ccccc2)C1. The molecule has 2 aliphatic heterocycles. The first-order valence-electron chi connectivity index (χ1n) is 9.41. The maximum Gasteiger partial charge on any atom is 0.270 e. The molecule has 9 heteroatoms. The summed E-state index contributed by atoms with van der Waals surface area (Å²) in [6.07, 6.45) is 2.29. The average molecular weight is 421 g/mol. The molecular weight excluding hydrogens is 396 g/mol. The van der Waals surface area contributed by atoms with Crippen molar-refractivity contribution in [1.29, 1.82) is 0 Å². The zero-order chi connectivity index (χ0) is 19.6. The van der Waals surface area contributed by atoms with Crippen molar-refractivity contribution in [2.24, 2.45) is 0 Å². The van der Waals surface area contributed by atoms with E-state index < -0.39 is 10.0 Å². The molecule has 2 aliphatic rings. The molecular formula is C19H24N4O3S2. The van der Waals surface area contributed by atoms with Crippen LogP contribution in [0.25, 0.3) is 0 Å². The van der Waals surface area contributed by atoms with Gasteiger partial charge >= 0.3 is 0 Å². The molecule has 150 valence electrons. The molecule has 28 heavy (non-hydrogen) atoms. The Hall–Kier alpha value is -1.97. The smallest absolute Gasteiger partial charge is 0.270 e. The lowest BCUT2D eigenvalue weighted by molar-refractivity contribution is 0.0786. The lowest BCUT2D eigenvalue weighted by atomic mass is 10.2. The van der Waals surface area contributed by atoms with Gasteiger partial charge < -0.3 is 15.2 Å². The van der Waals surface area contributed by atoms with Crippen LogP contribution in [-0.4, -0.2) is 72.2 Å². The molecule has 1 unspecified atom stereocenters. The van der Waals surface area contributed by atoms with Gasteiger partial charge in [0.1, 0.15) is 10.6 Å².